The number of hydrogen-bond donors (Lipinski definition) is 0. The molecule has 0 nitrogen and oxygen atoms in total. The lowest BCUT2D eigenvalue weighted by Gasteiger charge is -1.54. The molecule has 0 heterocycles. The molecule has 0 fully saturated rings. The molecule has 1 heteroatoms. The van der Waals surface area contributed by atoms with E-state index in [4.69, 9.17) is 2.74 Å². The summed E-state index contributed by atoms with van der Waals surface area (Å²) >= 11 is 0. The van der Waals surface area contributed by atoms with E-state index in [0.29, 0.717) is 0 Å². The molecule has 0 aromatic carbocycles. The van der Waals surface area contributed by atoms with E-state index in [0.717, 1.165) is 12.6 Å². The molecule has 0 rings (SSSR count). The molecular weight excluding hydrogens is 55.0 g/mol. The average Bonchev–Trinajstić information content (AvgIpc) is 1.35. The first-order valence-corrected chi connectivity index (χ1v) is 0.885. The second kappa shape index (κ2) is 2.67. The van der Waals surface area contributed by atoms with E-state index in [2.05, 4.69) is 0 Å². The van der Waals surface area contributed by atoms with Crippen LogP contribution in [0.1, 0.15) is 2.74 Å². The van der Waals surface area contributed by atoms with Gasteiger partial charge in [0.05, 0.1) is 2.74 Å². The van der Waals surface area contributed by atoms with E-state index in [9.17, 15) is 4.39 Å². The van der Waals surface area contributed by atoms with Gasteiger partial charge < -0.3 is 0 Å². The van der Waals surface area contributed by atoms with Gasteiger partial charge >= 0.3 is 0 Å². The third-order valence-electron chi connectivity index (χ3n) is 0.0727. The molecule has 0 aliphatic heterocycles. The van der Waals surface area contributed by atoms with Crippen molar-refractivity contribution in [3.63, 3.8) is 0 Å². The lowest BCUT2D eigenvalue weighted by atomic mass is 10.7. The molecule has 0 saturated carbocycles. The number of allylic oxidation sites excluding steroid dienone is 1. The van der Waals surface area contributed by atoms with Crippen molar-refractivity contribution in [2.45, 2.75) is 0 Å². The van der Waals surface area contributed by atoms with Crippen molar-refractivity contribution in [2.75, 3.05) is 6.65 Å². The fourth-order valence-corrected chi connectivity index (χ4v) is 0. The predicted octanol–water partition coefficient (Wildman–Crippen LogP) is 1.14. The van der Waals surface area contributed by atoms with Crippen LogP contribution in [0.15, 0.2) is 12.6 Å². The molecule has 0 spiro atoms. The molecular formula is C3H5F. The van der Waals surface area contributed by atoms with Gasteiger partial charge in [-0.05, 0) is 0 Å². The Labute approximate surface area is 27.8 Å². The van der Waals surface area contributed by atoms with E-state index in [1.807, 2.05) is 0 Å². The third kappa shape index (κ3) is 1.67. The normalized spacial score (nSPS) is 24.2. The summed E-state index contributed by atoms with van der Waals surface area (Å²) in [6.07, 6.45) is 0.833. The summed E-state index contributed by atoms with van der Waals surface area (Å²) in [5.41, 5.74) is 0. The molecule has 0 radical (unpaired) electrons. The maximum Gasteiger partial charge on any atom is 0.107 e. The molecule has 0 amide bonds. The highest BCUT2D eigenvalue weighted by Crippen LogP contribution is 1.58. The predicted molar refractivity (Wildman–Crippen MR) is 16.2 cm³/mol. The standard InChI is InChI=1S/C3H5F/c1-2-3-4/h2H,1,3H2/i1D,3D. The van der Waals surface area contributed by atoms with Crippen LogP contribution in [0.2, 0.25) is 0 Å². The fourth-order valence-electron chi connectivity index (χ4n) is 0. The smallest absolute Gasteiger partial charge is 0.107 e. The summed E-state index contributed by atoms with van der Waals surface area (Å²) < 4.78 is 23.5. The third-order valence-corrected chi connectivity index (χ3v) is 0.0727. The summed E-state index contributed by atoms with van der Waals surface area (Å²) in [7, 11) is 0. The van der Waals surface area contributed by atoms with Crippen LogP contribution in [0.5, 0.6) is 0 Å². The summed E-state index contributed by atoms with van der Waals surface area (Å²) in [5.74, 6) is 0. The molecule has 1 unspecified atom stereocenters. The Kier molecular flexibility index (Phi) is 0.801. The van der Waals surface area contributed by atoms with Gasteiger partial charge in [-0.1, -0.05) is 6.08 Å². The van der Waals surface area contributed by atoms with Crippen LogP contribution in [0.25, 0.3) is 0 Å². The molecule has 0 aromatic heterocycles. The zero-order valence-corrected chi connectivity index (χ0v) is 2.11. The topological polar surface area (TPSA) is 0 Å². The van der Waals surface area contributed by atoms with Crippen molar-refractivity contribution < 1.29 is 7.13 Å². The van der Waals surface area contributed by atoms with Gasteiger partial charge in [-0.25, -0.2) is 4.39 Å². The Morgan fingerprint density at radius 2 is 3.50 bits per heavy atom. The van der Waals surface area contributed by atoms with Gasteiger partial charge in [0.25, 0.3) is 0 Å². The average molecular weight is 62.1 g/mol. The van der Waals surface area contributed by atoms with Gasteiger partial charge in [-0.15, -0.1) is 6.55 Å². The van der Waals surface area contributed by atoms with Gasteiger partial charge in [0.2, 0.25) is 0 Å². The first-order valence-electron chi connectivity index (χ1n) is 2.04. The van der Waals surface area contributed by atoms with Crippen LogP contribution >= 0.6 is 0 Å². The molecule has 0 saturated heterocycles. The van der Waals surface area contributed by atoms with Crippen molar-refractivity contribution in [1.82, 2.24) is 0 Å². The van der Waals surface area contributed by atoms with Gasteiger partial charge in [-0.2, -0.15) is 0 Å². The van der Waals surface area contributed by atoms with Crippen molar-refractivity contribution in [1.29, 1.82) is 0 Å². The van der Waals surface area contributed by atoms with E-state index >= 15 is 0 Å². The Morgan fingerprint density at radius 1 is 2.75 bits per heavy atom. The molecule has 24 valence electrons. The number of hydrogen-bond acceptors (Lipinski definition) is 0. The van der Waals surface area contributed by atoms with Crippen LogP contribution in [-0.4, -0.2) is 6.65 Å². The molecule has 0 aliphatic carbocycles. The number of rotatable bonds is 1. The molecule has 0 bridgehead atoms. The zero-order valence-electron chi connectivity index (χ0n) is 4.11. The SMILES string of the molecule is [2H]C=CC([2H])F. The summed E-state index contributed by atoms with van der Waals surface area (Å²) in [6.45, 7) is -0.958. The van der Waals surface area contributed by atoms with Gasteiger partial charge in [0.15, 0.2) is 0 Å². The highest BCUT2D eigenvalue weighted by atomic mass is 19.1. The molecule has 4 heavy (non-hydrogen) atoms. The maximum atomic E-state index is 11.2. The largest absolute Gasteiger partial charge is 0.247 e. The maximum absolute atomic E-state index is 11.2. The van der Waals surface area contributed by atoms with Crippen molar-refractivity contribution in [3.8, 4) is 0 Å². The Bertz CT molecular complexity index is 50.8. The van der Waals surface area contributed by atoms with E-state index in [1.54, 1.807) is 0 Å². The summed E-state index contributed by atoms with van der Waals surface area (Å²) in [5, 5.41) is 0. The lowest BCUT2D eigenvalue weighted by molar-refractivity contribution is 0.562. The second-order valence-corrected chi connectivity index (χ2v) is 0.318. The quantitative estimate of drug-likeness (QED) is 0.399. The monoisotopic (exact) mass is 62.1 g/mol. The van der Waals surface area contributed by atoms with Crippen molar-refractivity contribution in [2.24, 2.45) is 0 Å². The first-order chi connectivity index (χ1) is 2.77. The van der Waals surface area contributed by atoms with Crippen LogP contribution in [-0.2, 0) is 0 Å². The molecule has 0 aliphatic rings. The minimum absolute atomic E-state index is 0.762. The lowest BCUT2D eigenvalue weighted by Crippen LogP contribution is -1.48. The van der Waals surface area contributed by atoms with E-state index in [1.165, 1.54) is 0 Å². The summed E-state index contributed by atoms with van der Waals surface area (Å²) in [4.78, 5) is 0. The second-order valence-electron chi connectivity index (χ2n) is 0.318. The zero-order chi connectivity index (χ0) is 4.99. The summed E-state index contributed by atoms with van der Waals surface area (Å²) in [6, 6.07) is 0. The van der Waals surface area contributed by atoms with Crippen molar-refractivity contribution >= 4 is 0 Å². The fraction of sp³-hybridized carbons (Fsp3) is 0.333. The highest BCUT2D eigenvalue weighted by molar-refractivity contribution is 4.61. The Morgan fingerprint density at radius 3 is 3.50 bits per heavy atom. The Hall–Kier alpha value is -0.330. The van der Waals surface area contributed by atoms with Crippen LogP contribution in [0.3, 0.4) is 0 Å². The molecule has 1 atom stereocenters. The van der Waals surface area contributed by atoms with E-state index in [-0.39, 0.29) is 0 Å². The van der Waals surface area contributed by atoms with Crippen LogP contribution in [0, 0.1) is 0 Å². The number of halogens is 1. The number of alkyl halides is 1. The van der Waals surface area contributed by atoms with Crippen LogP contribution < -0.4 is 0 Å². The van der Waals surface area contributed by atoms with Crippen LogP contribution in [0.4, 0.5) is 4.39 Å². The van der Waals surface area contributed by atoms with E-state index < -0.39 is 6.65 Å². The van der Waals surface area contributed by atoms with Crippen molar-refractivity contribution in [3.05, 3.63) is 12.6 Å². The van der Waals surface area contributed by atoms with Gasteiger partial charge in [-0.3, -0.25) is 0 Å². The van der Waals surface area contributed by atoms with Gasteiger partial charge in [0, 0.05) is 0 Å². The minimum Gasteiger partial charge on any atom is -0.247 e. The Balaban J connectivity index is 3.03. The minimum atomic E-state index is -1.72. The molecule has 0 N–H and O–H groups in total. The first kappa shape index (κ1) is 1.20. The molecule has 0 aromatic rings. The van der Waals surface area contributed by atoms with Gasteiger partial charge in [0.1, 0.15) is 6.65 Å². The highest BCUT2D eigenvalue weighted by Gasteiger charge is 1.49.